The Morgan fingerprint density at radius 2 is 1.74 bits per heavy atom. The molecule has 1 saturated heterocycles. The van der Waals surface area contributed by atoms with Gasteiger partial charge in [0, 0.05) is 0 Å². The third kappa shape index (κ3) is 6.46. The fourth-order valence-electron chi connectivity index (χ4n) is 3.69. The first-order chi connectivity index (χ1) is 18.1. The second kappa shape index (κ2) is 11.9. The average molecular weight is 723 g/mol. The number of ether oxygens (including phenoxy) is 3. The van der Waals surface area contributed by atoms with Gasteiger partial charge in [0.1, 0.15) is 0 Å². The van der Waals surface area contributed by atoms with Crippen LogP contribution in [0.3, 0.4) is 0 Å². The van der Waals surface area contributed by atoms with Crippen LogP contribution >= 0.6 is 0 Å². The van der Waals surface area contributed by atoms with Gasteiger partial charge in [0.2, 0.25) is 0 Å². The Balaban J connectivity index is 1.58. The minimum atomic E-state index is -3.89. The van der Waals surface area contributed by atoms with E-state index in [-0.39, 0.29) is 11.4 Å². The molecule has 2 heterocycles. The predicted octanol–water partition coefficient (Wildman–Crippen LogP) is 1.86. The second-order valence-corrected chi connectivity index (χ2v) is 13.0. The third-order valence-electron chi connectivity index (χ3n) is 5.38. The SMILES string of the molecule is CC(=O)Nc1ccn([C@@H]2O[C@H](COC(=O)c3ccccc3)C(O[C](=O)[BiH][c]3ccccc3)C2(F)F)c(=O)n1. The normalized spacial score (nSPS) is 19.9. The maximum atomic E-state index is 15.7. The molecular formula is C25H22BiF2N3O7. The van der Waals surface area contributed by atoms with Gasteiger partial charge in [-0.25, -0.2) is 0 Å². The van der Waals surface area contributed by atoms with Crippen LogP contribution < -0.4 is 14.3 Å². The number of amides is 1. The number of nitrogens with zero attached hydrogens (tertiary/aromatic N) is 2. The van der Waals surface area contributed by atoms with E-state index in [1.807, 2.05) is 0 Å². The molecule has 0 bridgehead atoms. The van der Waals surface area contributed by atoms with E-state index < -0.39 is 75.4 Å². The number of anilines is 1. The van der Waals surface area contributed by atoms with Gasteiger partial charge < -0.3 is 0 Å². The van der Waals surface area contributed by atoms with Crippen molar-refractivity contribution >= 4 is 47.9 Å². The summed E-state index contributed by atoms with van der Waals surface area (Å²) in [6, 6.07) is 17.7. The van der Waals surface area contributed by atoms with E-state index in [4.69, 9.17) is 14.2 Å². The summed E-state index contributed by atoms with van der Waals surface area (Å²) in [6.07, 6.45) is -4.94. The fraction of sp³-hybridized carbons (Fsp3) is 0.240. The molecule has 0 aliphatic carbocycles. The zero-order valence-corrected chi connectivity index (χ0v) is 23.8. The Labute approximate surface area is 226 Å². The molecule has 1 aromatic heterocycles. The number of hydrogen-bond acceptors (Lipinski definition) is 8. The molecule has 10 nitrogen and oxygen atoms in total. The van der Waals surface area contributed by atoms with Crippen molar-refractivity contribution in [2.45, 2.75) is 31.3 Å². The number of nitrogens with one attached hydrogen (secondary N) is 1. The zero-order valence-electron chi connectivity index (χ0n) is 19.9. The zero-order chi connectivity index (χ0) is 27.3. The Bertz CT molecular complexity index is 1370. The molecule has 3 aromatic rings. The summed E-state index contributed by atoms with van der Waals surface area (Å²) in [4.78, 5) is 52.4. The monoisotopic (exact) mass is 723 g/mol. The number of hydrogen-bond donors (Lipinski definition) is 1. The van der Waals surface area contributed by atoms with E-state index in [1.54, 1.807) is 48.5 Å². The Morgan fingerprint density at radius 3 is 2.37 bits per heavy atom. The van der Waals surface area contributed by atoms with Crippen LogP contribution in [0.1, 0.15) is 23.5 Å². The van der Waals surface area contributed by atoms with Gasteiger partial charge in [-0.1, -0.05) is 0 Å². The van der Waals surface area contributed by atoms with Crippen molar-refractivity contribution in [2.24, 2.45) is 0 Å². The van der Waals surface area contributed by atoms with Gasteiger partial charge in [-0.3, -0.25) is 0 Å². The van der Waals surface area contributed by atoms with Gasteiger partial charge >= 0.3 is 227 Å². The summed E-state index contributed by atoms with van der Waals surface area (Å²) < 4.78 is 47.7. The Hall–Kier alpha value is -3.57. The number of carbonyl (C=O) groups is 3. The molecule has 38 heavy (non-hydrogen) atoms. The number of esters is 1. The Morgan fingerprint density at radius 1 is 1.08 bits per heavy atom. The van der Waals surface area contributed by atoms with E-state index in [9.17, 15) is 19.2 Å². The molecule has 2 aromatic carbocycles. The van der Waals surface area contributed by atoms with Gasteiger partial charge in [-0.05, 0) is 0 Å². The number of carbonyl (C=O) groups excluding carboxylic acids is 3. The second-order valence-electron chi connectivity index (χ2n) is 8.17. The fourth-order valence-corrected chi connectivity index (χ4v) is 6.72. The first kappa shape index (κ1) is 27.5. The van der Waals surface area contributed by atoms with Crippen molar-refractivity contribution in [1.82, 2.24) is 9.55 Å². The van der Waals surface area contributed by atoms with E-state index >= 15 is 8.78 Å². The first-order valence-electron chi connectivity index (χ1n) is 11.3. The standard InChI is InChI=1S/C19H16F2N3O7.C6H5.Bi.H/c1-11(26)22-14-7-8-24(18(28)23-14)17-19(20,21)15(30-10-25)13(31-17)9-29-16(27)12-5-3-2-4-6-12;1-2-4-6-5-3-1;;/h2-8,13,15,17H,9H2,1H3,(H,22,23,26,28);1-5H;;/t13-,15?,17-;;;/m1.../s1. The van der Waals surface area contributed by atoms with Gasteiger partial charge in [0.05, 0.1) is 0 Å². The van der Waals surface area contributed by atoms with Gasteiger partial charge in [-0.2, -0.15) is 0 Å². The molecule has 4 rings (SSSR count). The molecule has 1 N–H and O–H groups in total. The maximum absolute atomic E-state index is 15.7. The number of alkyl halides is 2. The molecular weight excluding hydrogens is 701 g/mol. The number of aromatic nitrogens is 2. The van der Waals surface area contributed by atoms with Crippen LogP contribution in [-0.2, 0) is 19.0 Å². The molecule has 1 unspecified atom stereocenters. The van der Waals surface area contributed by atoms with Gasteiger partial charge in [0.15, 0.2) is 0 Å². The number of benzene rings is 2. The van der Waals surface area contributed by atoms with Crippen LogP contribution in [0, 0.1) is 0 Å². The summed E-state index contributed by atoms with van der Waals surface area (Å²) in [7, 11) is 0. The summed E-state index contributed by atoms with van der Waals surface area (Å²) in [5.41, 5.74) is -0.939. The third-order valence-corrected chi connectivity index (χ3v) is 9.05. The van der Waals surface area contributed by atoms with Crippen molar-refractivity contribution in [3.63, 3.8) is 0 Å². The molecule has 198 valence electrons. The average Bonchev–Trinajstić information content (AvgIpc) is 3.12. The summed E-state index contributed by atoms with van der Waals surface area (Å²) >= 11 is -2.33. The van der Waals surface area contributed by atoms with Gasteiger partial charge in [-0.15, -0.1) is 0 Å². The summed E-state index contributed by atoms with van der Waals surface area (Å²) in [5, 5.41) is 2.29. The molecule has 1 amide bonds. The molecule has 1 fully saturated rings. The van der Waals surface area contributed by atoms with Crippen molar-refractivity contribution in [1.29, 1.82) is 0 Å². The van der Waals surface area contributed by atoms with E-state index in [1.165, 1.54) is 19.1 Å². The molecule has 0 saturated carbocycles. The van der Waals surface area contributed by atoms with E-state index in [2.05, 4.69) is 10.3 Å². The van der Waals surface area contributed by atoms with E-state index in [0.29, 0.717) is 4.57 Å². The topological polar surface area (TPSA) is 126 Å². The Kier molecular flexibility index (Phi) is 8.58. The number of rotatable bonds is 8. The van der Waals surface area contributed by atoms with Crippen molar-refractivity contribution in [3.05, 3.63) is 89.0 Å². The van der Waals surface area contributed by atoms with Crippen LogP contribution in [0.5, 0.6) is 0 Å². The minimum absolute atomic E-state index is 0.132. The predicted molar refractivity (Wildman–Crippen MR) is 132 cm³/mol. The van der Waals surface area contributed by atoms with Crippen LogP contribution in [-0.4, -0.2) is 73.1 Å². The molecule has 0 radical (unpaired) electrons. The van der Waals surface area contributed by atoms with Crippen molar-refractivity contribution < 1.29 is 37.4 Å². The van der Waals surface area contributed by atoms with Gasteiger partial charge in [0.25, 0.3) is 0 Å². The molecule has 1 aliphatic rings. The molecule has 3 atom stereocenters. The summed E-state index contributed by atoms with van der Waals surface area (Å²) in [6.45, 7) is 0.533. The molecule has 1 aliphatic heterocycles. The van der Waals surface area contributed by atoms with Crippen molar-refractivity contribution in [3.8, 4) is 0 Å². The van der Waals surface area contributed by atoms with Crippen LogP contribution in [0.4, 0.5) is 19.4 Å². The van der Waals surface area contributed by atoms with E-state index in [0.717, 1.165) is 15.5 Å². The first-order valence-corrected chi connectivity index (χ1v) is 15.2. The molecule has 0 spiro atoms. The van der Waals surface area contributed by atoms with Crippen LogP contribution in [0.15, 0.2) is 77.7 Å². The molecule has 13 heteroatoms. The quantitative estimate of drug-likeness (QED) is 0.276. The van der Waals surface area contributed by atoms with Crippen molar-refractivity contribution in [2.75, 3.05) is 11.9 Å². The van der Waals surface area contributed by atoms with Crippen LogP contribution in [0.25, 0.3) is 0 Å². The number of halogens is 2. The summed E-state index contributed by atoms with van der Waals surface area (Å²) in [5.74, 6) is -5.31. The van der Waals surface area contributed by atoms with Crippen LogP contribution in [0.2, 0.25) is 0 Å².